The van der Waals surface area contributed by atoms with Crippen molar-refractivity contribution in [2.75, 3.05) is 7.11 Å². The Labute approximate surface area is 280 Å². The molecule has 0 spiro atoms. The maximum absolute atomic E-state index is 14.6. The van der Waals surface area contributed by atoms with Crippen LogP contribution in [0.5, 0.6) is 0 Å². The molecule has 3 unspecified atom stereocenters. The molecule has 6 nitrogen and oxygen atoms in total. The van der Waals surface area contributed by atoms with E-state index in [9.17, 15) is 23.9 Å². The number of methoxy groups -OCH3 is 1. The molecule has 0 aliphatic rings. The monoisotopic (exact) mass is 675 g/mol. The number of halogens is 2. The first-order valence-electron chi connectivity index (χ1n) is 14.2. The van der Waals surface area contributed by atoms with E-state index in [1.807, 2.05) is 48.5 Å². The van der Waals surface area contributed by atoms with Gasteiger partial charge in [-0.1, -0.05) is 81.5 Å². The Bertz CT molecular complexity index is 2270. The lowest BCUT2D eigenvalue weighted by Gasteiger charge is -2.15. The number of fused-ring (bicyclic) bond motifs is 1. The maximum atomic E-state index is 14.6. The normalized spacial score (nSPS) is 12.2. The zero-order chi connectivity index (χ0) is 33.2. The molecule has 0 aliphatic carbocycles. The second kappa shape index (κ2) is 13.3. The van der Waals surface area contributed by atoms with Crippen molar-refractivity contribution >= 4 is 48.7 Å². The van der Waals surface area contributed by atoms with E-state index in [1.54, 1.807) is 58.6 Å². The van der Waals surface area contributed by atoms with E-state index in [1.165, 1.54) is 13.2 Å². The number of aromatic nitrogens is 1. The van der Waals surface area contributed by atoms with Crippen molar-refractivity contribution in [3.63, 3.8) is 0 Å². The first-order chi connectivity index (χ1) is 22.8. The van der Waals surface area contributed by atoms with Gasteiger partial charge in [0.05, 0.1) is 52.0 Å². The van der Waals surface area contributed by atoms with Gasteiger partial charge >= 0.3 is 5.97 Å². The fraction of sp³-hybridized carbons (Fsp3) is 0.0541. The van der Waals surface area contributed by atoms with Gasteiger partial charge in [0, 0.05) is 32.7 Å². The largest absolute Gasteiger partial charge is 0.465 e. The van der Waals surface area contributed by atoms with E-state index < -0.39 is 22.9 Å². The molecule has 0 amide bonds. The Hall–Kier alpha value is -5.11. The van der Waals surface area contributed by atoms with Crippen molar-refractivity contribution in [1.29, 1.82) is 10.5 Å². The van der Waals surface area contributed by atoms with Crippen LogP contribution in [0.3, 0.4) is 0 Å². The predicted molar refractivity (Wildman–Crippen MR) is 186 cm³/mol. The number of carbonyl (C=O) groups excluding carboxylic acids is 1. The molecule has 0 saturated heterocycles. The third kappa shape index (κ3) is 5.84. The van der Waals surface area contributed by atoms with Gasteiger partial charge in [0.2, 0.25) is 0 Å². The lowest BCUT2D eigenvalue weighted by molar-refractivity contribution is 0.0600. The van der Waals surface area contributed by atoms with Crippen LogP contribution in [0.2, 0.25) is 5.02 Å². The molecule has 230 valence electrons. The number of carbonyl (C=O) groups is 1. The Morgan fingerprint density at radius 3 is 2.17 bits per heavy atom. The van der Waals surface area contributed by atoms with E-state index in [4.69, 9.17) is 16.3 Å². The summed E-state index contributed by atoms with van der Waals surface area (Å²) in [5.41, 5.74) is 5.41. The molecule has 1 aromatic heterocycles. The Morgan fingerprint density at radius 1 is 0.872 bits per heavy atom. The summed E-state index contributed by atoms with van der Waals surface area (Å²) in [5.74, 6) is -1.78. The summed E-state index contributed by atoms with van der Waals surface area (Å²) in [6.45, 7) is 0. The maximum Gasteiger partial charge on any atom is 0.337 e. The average molecular weight is 676 g/mol. The number of nitrogens with zero attached hydrogens (tertiary/aromatic N) is 3. The average Bonchev–Trinajstić information content (AvgIpc) is 3.45. The number of ether oxygens (including phenoxy) is 1. The number of hydrogen-bond acceptors (Lipinski definition) is 5. The first kappa shape index (κ1) is 31.9. The fourth-order valence-electron chi connectivity index (χ4n) is 5.61. The van der Waals surface area contributed by atoms with Crippen molar-refractivity contribution in [2.24, 2.45) is 0 Å². The number of nitriles is 2. The van der Waals surface area contributed by atoms with Crippen molar-refractivity contribution in [2.45, 2.75) is 10.8 Å². The summed E-state index contributed by atoms with van der Waals surface area (Å²) in [6.07, 6.45) is 0. The summed E-state index contributed by atoms with van der Waals surface area (Å²) in [5, 5.41) is 21.4. The molecular formula is C37H24ClFN3O3PS. The second-order valence-corrected chi connectivity index (χ2v) is 12.8. The fourth-order valence-corrected chi connectivity index (χ4v) is 7.40. The van der Waals surface area contributed by atoms with E-state index >= 15 is 0 Å². The van der Waals surface area contributed by atoms with Crippen LogP contribution in [0.15, 0.2) is 114 Å². The summed E-state index contributed by atoms with van der Waals surface area (Å²) >= 11 is 6.67. The van der Waals surface area contributed by atoms with Gasteiger partial charge in [0.1, 0.15) is 5.91 Å². The van der Waals surface area contributed by atoms with E-state index in [0.717, 1.165) is 0 Å². The topological polar surface area (TPSA) is 95.9 Å². The lowest BCUT2D eigenvalue weighted by atomic mass is 9.90. The number of benzene rings is 5. The van der Waals surface area contributed by atoms with E-state index in [0.29, 0.717) is 65.5 Å². The van der Waals surface area contributed by atoms with Crippen LogP contribution >= 0.6 is 20.8 Å². The number of para-hydroxylation sites is 1. The molecule has 0 saturated carbocycles. The zero-order valence-corrected chi connectivity index (χ0v) is 27.5. The summed E-state index contributed by atoms with van der Waals surface area (Å²) in [4.78, 5) is 12.5. The SMILES string of the molecule is COC(=O)c1ccc(-c2cccc(-c3c(-c4c(C#N)cccc4C#N)c4ccccc4n3S(=O)c3ccc(C(F)P)cc3)c2)c(Cl)c1. The third-order valence-corrected chi connectivity index (χ3v) is 9.87. The molecule has 0 N–H and O–H groups in total. The van der Waals surface area contributed by atoms with E-state index in [2.05, 4.69) is 21.4 Å². The molecule has 6 rings (SSSR count). The molecule has 5 aromatic carbocycles. The van der Waals surface area contributed by atoms with Gasteiger partial charge in [0.25, 0.3) is 0 Å². The minimum absolute atomic E-state index is 0.287. The number of alkyl halides is 1. The molecule has 3 atom stereocenters. The second-order valence-electron chi connectivity index (χ2n) is 10.5. The standard InChI is InChI=1S/C37H24ClFN3O3PS/c1-45-37(43)25-14-17-29(31(38)19-25)23-6-4-7-24(18-23)35-34(33-26(20-40)8-5-9-27(33)21-41)30-10-2-3-11-32(30)42(35)47(44)28-15-12-22(13-16-28)36(39)46/h2-19,36H,46H2,1H3. The van der Waals surface area contributed by atoms with Crippen LogP contribution in [0.25, 0.3) is 44.4 Å². The van der Waals surface area contributed by atoms with Crippen LogP contribution in [-0.2, 0) is 15.7 Å². The predicted octanol–water partition coefficient (Wildman–Crippen LogP) is 9.24. The summed E-state index contributed by atoms with van der Waals surface area (Å²) < 4.78 is 35.1. The summed E-state index contributed by atoms with van der Waals surface area (Å²) in [6, 6.07) is 35.6. The van der Waals surface area contributed by atoms with Crippen LogP contribution in [0.4, 0.5) is 4.39 Å². The van der Waals surface area contributed by atoms with Gasteiger partial charge in [-0.3, -0.25) is 3.97 Å². The molecule has 1 heterocycles. The van der Waals surface area contributed by atoms with Gasteiger partial charge in [-0.25, -0.2) is 13.4 Å². The Morgan fingerprint density at radius 2 is 1.53 bits per heavy atom. The highest BCUT2D eigenvalue weighted by molar-refractivity contribution is 7.83. The Balaban J connectivity index is 1.68. The van der Waals surface area contributed by atoms with Gasteiger partial charge in [0.15, 0.2) is 11.0 Å². The molecular weight excluding hydrogens is 652 g/mol. The molecule has 0 radical (unpaired) electrons. The minimum Gasteiger partial charge on any atom is -0.465 e. The zero-order valence-electron chi connectivity index (χ0n) is 24.8. The number of rotatable bonds is 7. The van der Waals surface area contributed by atoms with Crippen LogP contribution in [-0.4, -0.2) is 21.3 Å². The van der Waals surface area contributed by atoms with Crippen molar-refractivity contribution in [3.8, 4) is 45.6 Å². The van der Waals surface area contributed by atoms with Crippen molar-refractivity contribution in [3.05, 3.63) is 136 Å². The molecule has 0 bridgehead atoms. The van der Waals surface area contributed by atoms with Gasteiger partial charge in [-0.05, 0) is 59.7 Å². The number of esters is 1. The third-order valence-electron chi connectivity index (χ3n) is 7.79. The molecule has 0 aliphatic heterocycles. The van der Waals surface area contributed by atoms with Crippen LogP contribution < -0.4 is 0 Å². The van der Waals surface area contributed by atoms with Crippen molar-refractivity contribution < 1.29 is 18.1 Å². The van der Waals surface area contributed by atoms with E-state index in [-0.39, 0.29) is 11.1 Å². The minimum atomic E-state index is -1.85. The van der Waals surface area contributed by atoms with Crippen LogP contribution in [0, 0.1) is 22.7 Å². The van der Waals surface area contributed by atoms with Crippen LogP contribution in [0.1, 0.15) is 33.0 Å². The molecule has 47 heavy (non-hydrogen) atoms. The molecule has 6 aromatic rings. The smallest absolute Gasteiger partial charge is 0.337 e. The molecule has 0 fully saturated rings. The van der Waals surface area contributed by atoms with Gasteiger partial charge < -0.3 is 4.74 Å². The molecule has 10 heteroatoms. The Kier molecular flexibility index (Phi) is 9.03. The highest BCUT2D eigenvalue weighted by Crippen LogP contribution is 2.45. The highest BCUT2D eigenvalue weighted by atomic mass is 35.5. The number of hydrogen-bond donors (Lipinski definition) is 0. The van der Waals surface area contributed by atoms with Gasteiger partial charge in [-0.2, -0.15) is 10.5 Å². The van der Waals surface area contributed by atoms with Crippen molar-refractivity contribution in [1.82, 2.24) is 3.97 Å². The summed E-state index contributed by atoms with van der Waals surface area (Å²) in [7, 11) is 1.56. The first-order valence-corrected chi connectivity index (χ1v) is 16.4. The lowest BCUT2D eigenvalue weighted by Crippen LogP contribution is -2.07. The quantitative estimate of drug-likeness (QED) is 0.124. The highest BCUT2D eigenvalue weighted by Gasteiger charge is 2.27. The van der Waals surface area contributed by atoms with Gasteiger partial charge in [-0.15, -0.1) is 0 Å².